The van der Waals surface area contributed by atoms with E-state index in [0.29, 0.717) is 32.1 Å². The summed E-state index contributed by atoms with van der Waals surface area (Å²) in [6.45, 7) is 3.24. The first-order chi connectivity index (χ1) is 9.27. The number of oxime groups is 1. The molecule has 0 spiro atoms. The number of hydrogen-bond donors (Lipinski definition) is 3. The van der Waals surface area contributed by atoms with E-state index >= 15 is 0 Å². The van der Waals surface area contributed by atoms with E-state index in [1.54, 1.807) is 19.4 Å². The summed E-state index contributed by atoms with van der Waals surface area (Å²) in [4.78, 5) is 4.01. The Hall–Kier alpha value is -1.70. The van der Waals surface area contributed by atoms with Crippen LogP contribution in [0.1, 0.15) is 11.3 Å². The van der Waals surface area contributed by atoms with Crippen molar-refractivity contribution in [2.24, 2.45) is 10.9 Å². The molecular weight excluding hydrogens is 248 g/mol. The van der Waals surface area contributed by atoms with Crippen LogP contribution in [0.5, 0.6) is 0 Å². The highest BCUT2D eigenvalue weighted by Gasteiger charge is 2.01. The Bertz CT molecular complexity index is 398. The lowest BCUT2D eigenvalue weighted by Gasteiger charge is -2.07. The molecule has 7 heteroatoms. The maximum absolute atomic E-state index is 8.58. The second kappa shape index (κ2) is 9.26. The minimum atomic E-state index is 0.00440. The number of ether oxygens (including phenoxy) is 2. The van der Waals surface area contributed by atoms with Gasteiger partial charge in [-0.25, -0.2) is 0 Å². The predicted molar refractivity (Wildman–Crippen MR) is 71.1 cm³/mol. The predicted octanol–water partition coefficient (Wildman–Crippen LogP) is -0.0713. The number of nitrogens with one attached hydrogen (secondary N) is 1. The van der Waals surface area contributed by atoms with Gasteiger partial charge >= 0.3 is 0 Å². The standard InChI is InChI=1S/C12H20N4O3/c1-18-6-7-19-5-4-14-9-10-2-3-15-11(8-10)12(13)16-17/h2-3,8,14,17H,4-7,9H2,1H3,(H2,13,16). The topological polar surface area (TPSA) is 102 Å². The van der Waals surface area contributed by atoms with Gasteiger partial charge < -0.3 is 25.7 Å². The molecular formula is C12H20N4O3. The van der Waals surface area contributed by atoms with Crippen LogP contribution < -0.4 is 11.1 Å². The van der Waals surface area contributed by atoms with Crippen LogP contribution in [-0.4, -0.2) is 49.5 Å². The lowest BCUT2D eigenvalue weighted by Crippen LogP contribution is -2.21. The third-order valence-corrected chi connectivity index (χ3v) is 2.38. The molecule has 7 nitrogen and oxygen atoms in total. The number of nitrogens with two attached hydrogens (primary N) is 1. The van der Waals surface area contributed by atoms with Gasteiger partial charge in [-0.2, -0.15) is 0 Å². The normalized spacial score (nSPS) is 11.7. The number of hydrogen-bond acceptors (Lipinski definition) is 6. The van der Waals surface area contributed by atoms with Gasteiger partial charge in [-0.3, -0.25) is 4.98 Å². The Morgan fingerprint density at radius 2 is 2.32 bits per heavy atom. The summed E-state index contributed by atoms with van der Waals surface area (Å²) < 4.78 is 10.2. The molecule has 4 N–H and O–H groups in total. The number of aromatic nitrogens is 1. The third-order valence-electron chi connectivity index (χ3n) is 2.38. The molecule has 0 aromatic carbocycles. The van der Waals surface area contributed by atoms with E-state index in [1.807, 2.05) is 6.07 Å². The van der Waals surface area contributed by atoms with Crippen LogP contribution >= 0.6 is 0 Å². The molecule has 1 aromatic heterocycles. The largest absolute Gasteiger partial charge is 0.409 e. The van der Waals surface area contributed by atoms with Crippen molar-refractivity contribution < 1.29 is 14.7 Å². The first kappa shape index (κ1) is 15.4. The van der Waals surface area contributed by atoms with E-state index in [4.69, 9.17) is 20.4 Å². The molecule has 1 heterocycles. The van der Waals surface area contributed by atoms with Gasteiger partial charge in [0.05, 0.1) is 19.8 Å². The number of amidine groups is 1. The van der Waals surface area contributed by atoms with Gasteiger partial charge in [0.2, 0.25) is 0 Å². The lowest BCUT2D eigenvalue weighted by molar-refractivity contribution is 0.0719. The van der Waals surface area contributed by atoms with Crippen molar-refractivity contribution >= 4 is 5.84 Å². The summed E-state index contributed by atoms with van der Waals surface area (Å²) in [6, 6.07) is 3.64. The maximum atomic E-state index is 8.58. The van der Waals surface area contributed by atoms with Gasteiger partial charge in [0, 0.05) is 26.4 Å². The first-order valence-corrected chi connectivity index (χ1v) is 5.98. The average molecular weight is 268 g/mol. The molecule has 0 radical (unpaired) electrons. The van der Waals surface area contributed by atoms with E-state index in [1.165, 1.54) is 0 Å². The molecule has 0 aliphatic heterocycles. The lowest BCUT2D eigenvalue weighted by atomic mass is 10.2. The van der Waals surface area contributed by atoms with Gasteiger partial charge in [-0.05, 0) is 17.7 Å². The fraction of sp³-hybridized carbons (Fsp3) is 0.500. The number of methoxy groups -OCH3 is 1. The molecule has 0 fully saturated rings. The van der Waals surface area contributed by atoms with E-state index in [-0.39, 0.29) is 5.84 Å². The van der Waals surface area contributed by atoms with Crippen LogP contribution in [0, 0.1) is 0 Å². The monoisotopic (exact) mass is 268 g/mol. The quantitative estimate of drug-likeness (QED) is 0.190. The highest BCUT2D eigenvalue weighted by atomic mass is 16.5. The molecule has 0 aliphatic carbocycles. The van der Waals surface area contributed by atoms with E-state index in [0.717, 1.165) is 12.1 Å². The molecule has 1 aromatic rings. The first-order valence-electron chi connectivity index (χ1n) is 5.98. The summed E-state index contributed by atoms with van der Waals surface area (Å²) in [5.41, 5.74) is 6.94. The Kier molecular flexibility index (Phi) is 7.48. The van der Waals surface area contributed by atoms with E-state index < -0.39 is 0 Å². The Balaban J connectivity index is 2.26. The number of pyridine rings is 1. The summed E-state index contributed by atoms with van der Waals surface area (Å²) >= 11 is 0. The Labute approximate surface area is 112 Å². The van der Waals surface area contributed by atoms with Crippen LogP contribution in [0.3, 0.4) is 0 Å². The highest BCUT2D eigenvalue weighted by molar-refractivity contribution is 5.95. The minimum Gasteiger partial charge on any atom is -0.409 e. The SMILES string of the molecule is COCCOCCNCc1ccnc(C(N)=NO)c1. The van der Waals surface area contributed by atoms with Crippen molar-refractivity contribution in [3.05, 3.63) is 29.6 Å². The molecule has 0 aliphatic rings. The van der Waals surface area contributed by atoms with Crippen LogP contribution in [0.2, 0.25) is 0 Å². The van der Waals surface area contributed by atoms with Crippen molar-refractivity contribution in [2.75, 3.05) is 33.5 Å². The van der Waals surface area contributed by atoms with Gasteiger partial charge in [0.1, 0.15) is 5.69 Å². The highest BCUT2D eigenvalue weighted by Crippen LogP contribution is 2.01. The van der Waals surface area contributed by atoms with E-state index in [9.17, 15) is 0 Å². The summed E-state index contributed by atoms with van der Waals surface area (Å²) in [5.74, 6) is 0.00440. The molecule has 1 rings (SSSR count). The summed E-state index contributed by atoms with van der Waals surface area (Å²) in [7, 11) is 1.64. The fourth-order valence-corrected chi connectivity index (χ4v) is 1.40. The van der Waals surface area contributed by atoms with Crippen LogP contribution in [0.15, 0.2) is 23.5 Å². The molecule has 0 unspecified atom stereocenters. The minimum absolute atomic E-state index is 0.00440. The number of rotatable bonds is 9. The maximum Gasteiger partial charge on any atom is 0.188 e. The third kappa shape index (κ3) is 6.14. The second-order valence-corrected chi connectivity index (χ2v) is 3.82. The van der Waals surface area contributed by atoms with Crippen LogP contribution in [-0.2, 0) is 16.0 Å². The number of nitrogens with zero attached hydrogens (tertiary/aromatic N) is 2. The van der Waals surface area contributed by atoms with Gasteiger partial charge in [0.25, 0.3) is 0 Å². The van der Waals surface area contributed by atoms with E-state index in [2.05, 4.69) is 15.5 Å². The summed E-state index contributed by atoms with van der Waals surface area (Å²) in [6.07, 6.45) is 1.62. The van der Waals surface area contributed by atoms with Crippen molar-refractivity contribution in [3.8, 4) is 0 Å². The zero-order valence-electron chi connectivity index (χ0n) is 11.0. The van der Waals surface area contributed by atoms with Crippen molar-refractivity contribution in [3.63, 3.8) is 0 Å². The van der Waals surface area contributed by atoms with Gasteiger partial charge in [0.15, 0.2) is 5.84 Å². The van der Waals surface area contributed by atoms with Crippen LogP contribution in [0.4, 0.5) is 0 Å². The molecule has 0 bridgehead atoms. The second-order valence-electron chi connectivity index (χ2n) is 3.82. The zero-order chi connectivity index (χ0) is 13.9. The smallest absolute Gasteiger partial charge is 0.188 e. The molecule has 106 valence electrons. The van der Waals surface area contributed by atoms with Gasteiger partial charge in [-0.15, -0.1) is 0 Å². The zero-order valence-corrected chi connectivity index (χ0v) is 11.0. The Morgan fingerprint density at radius 3 is 3.05 bits per heavy atom. The molecule has 19 heavy (non-hydrogen) atoms. The van der Waals surface area contributed by atoms with Crippen molar-refractivity contribution in [1.29, 1.82) is 0 Å². The molecule has 0 saturated carbocycles. The van der Waals surface area contributed by atoms with Gasteiger partial charge in [-0.1, -0.05) is 5.16 Å². The molecule has 0 amide bonds. The van der Waals surface area contributed by atoms with Crippen molar-refractivity contribution in [1.82, 2.24) is 10.3 Å². The summed E-state index contributed by atoms with van der Waals surface area (Å²) in [5, 5.41) is 14.7. The Morgan fingerprint density at radius 1 is 1.47 bits per heavy atom. The fourth-order valence-electron chi connectivity index (χ4n) is 1.40. The van der Waals surface area contributed by atoms with Crippen molar-refractivity contribution in [2.45, 2.75) is 6.54 Å². The van der Waals surface area contributed by atoms with Crippen LogP contribution in [0.25, 0.3) is 0 Å². The molecule has 0 saturated heterocycles. The average Bonchev–Trinajstić information content (AvgIpc) is 2.46. The molecule has 0 atom stereocenters.